The van der Waals surface area contributed by atoms with E-state index in [0.29, 0.717) is 6.04 Å². The van der Waals surface area contributed by atoms with Crippen LogP contribution >= 0.6 is 11.6 Å². The normalized spacial score (nSPS) is 18.5. The molecule has 1 aromatic carbocycles. The van der Waals surface area contributed by atoms with Gasteiger partial charge < -0.3 is 10.3 Å². The zero-order valence-corrected chi connectivity index (χ0v) is 12.8. The number of aromatic amines is 1. The molecule has 0 bridgehead atoms. The fourth-order valence-electron chi connectivity index (χ4n) is 3.38. The zero-order chi connectivity index (χ0) is 13.9. The quantitative estimate of drug-likeness (QED) is 0.825. The van der Waals surface area contributed by atoms with Gasteiger partial charge in [-0.1, -0.05) is 36.9 Å². The molecule has 1 aromatic heterocycles. The second-order valence-electron chi connectivity index (χ2n) is 6.07. The van der Waals surface area contributed by atoms with E-state index in [9.17, 15) is 0 Å². The van der Waals surface area contributed by atoms with Crippen molar-refractivity contribution in [2.24, 2.45) is 5.92 Å². The molecule has 2 N–H and O–H groups in total. The van der Waals surface area contributed by atoms with E-state index in [2.05, 4.69) is 29.5 Å². The summed E-state index contributed by atoms with van der Waals surface area (Å²) in [7, 11) is 0. The van der Waals surface area contributed by atoms with Crippen molar-refractivity contribution < 1.29 is 0 Å². The van der Waals surface area contributed by atoms with Crippen LogP contribution in [0.25, 0.3) is 10.9 Å². The van der Waals surface area contributed by atoms with E-state index in [1.54, 1.807) is 0 Å². The lowest BCUT2D eigenvalue weighted by molar-refractivity contribution is 0.281. The van der Waals surface area contributed by atoms with E-state index in [4.69, 9.17) is 11.6 Å². The fourth-order valence-corrected chi connectivity index (χ4v) is 3.55. The van der Waals surface area contributed by atoms with Crippen LogP contribution in [-0.4, -0.2) is 11.0 Å². The number of H-pyrrole nitrogens is 1. The Hall–Kier alpha value is -0.990. The molecule has 1 fully saturated rings. The van der Waals surface area contributed by atoms with Gasteiger partial charge in [-0.2, -0.15) is 0 Å². The van der Waals surface area contributed by atoms with Crippen molar-refractivity contribution in [2.45, 2.75) is 51.6 Å². The van der Waals surface area contributed by atoms with Gasteiger partial charge in [0.25, 0.3) is 0 Å². The number of halogens is 1. The van der Waals surface area contributed by atoms with Crippen LogP contribution in [0.2, 0.25) is 5.02 Å². The minimum absolute atomic E-state index is 0.604. The molecule has 0 radical (unpaired) electrons. The summed E-state index contributed by atoms with van der Waals surface area (Å²) < 4.78 is 0. The average Bonchev–Trinajstić information content (AvgIpc) is 2.88. The lowest BCUT2D eigenvalue weighted by Gasteiger charge is -2.28. The number of nitrogens with one attached hydrogen (secondary N) is 2. The van der Waals surface area contributed by atoms with Gasteiger partial charge in [0.1, 0.15) is 0 Å². The van der Waals surface area contributed by atoms with Gasteiger partial charge in [-0.05, 0) is 43.4 Å². The van der Waals surface area contributed by atoms with Crippen molar-refractivity contribution in [1.82, 2.24) is 10.3 Å². The molecule has 1 atom stereocenters. The Bertz CT molecular complexity index is 569. The highest BCUT2D eigenvalue weighted by molar-refractivity contribution is 6.31. The number of hydrogen-bond acceptors (Lipinski definition) is 1. The SMILES string of the molecule is CC(NCc1c[nH]c2cc(Cl)ccc12)C1CCCCC1. The lowest BCUT2D eigenvalue weighted by Crippen LogP contribution is -2.34. The van der Waals surface area contributed by atoms with Crippen LogP contribution in [0.3, 0.4) is 0 Å². The van der Waals surface area contributed by atoms with E-state index >= 15 is 0 Å². The molecule has 1 saturated carbocycles. The van der Waals surface area contributed by atoms with Crippen LogP contribution in [0.4, 0.5) is 0 Å². The first-order valence-electron chi connectivity index (χ1n) is 7.73. The Kier molecular flexibility index (Phi) is 4.32. The maximum Gasteiger partial charge on any atom is 0.0472 e. The van der Waals surface area contributed by atoms with Crippen molar-refractivity contribution in [2.75, 3.05) is 0 Å². The number of fused-ring (bicyclic) bond motifs is 1. The van der Waals surface area contributed by atoms with Crippen molar-refractivity contribution in [3.8, 4) is 0 Å². The van der Waals surface area contributed by atoms with Crippen LogP contribution in [0, 0.1) is 5.92 Å². The fraction of sp³-hybridized carbons (Fsp3) is 0.529. The number of benzene rings is 1. The average molecular weight is 291 g/mol. The van der Waals surface area contributed by atoms with E-state index in [0.717, 1.165) is 23.0 Å². The molecule has 1 aliphatic carbocycles. The highest BCUT2D eigenvalue weighted by atomic mass is 35.5. The maximum absolute atomic E-state index is 6.02. The first-order valence-corrected chi connectivity index (χ1v) is 8.11. The van der Waals surface area contributed by atoms with Gasteiger partial charge in [-0.25, -0.2) is 0 Å². The van der Waals surface area contributed by atoms with E-state index in [1.807, 2.05) is 12.1 Å². The van der Waals surface area contributed by atoms with Gasteiger partial charge in [0.05, 0.1) is 0 Å². The summed E-state index contributed by atoms with van der Waals surface area (Å²) in [5.41, 5.74) is 2.46. The number of hydrogen-bond donors (Lipinski definition) is 2. The summed E-state index contributed by atoms with van der Waals surface area (Å²) in [5, 5.41) is 5.77. The Labute approximate surface area is 125 Å². The third-order valence-corrected chi connectivity index (χ3v) is 4.94. The molecule has 3 rings (SSSR count). The second-order valence-corrected chi connectivity index (χ2v) is 6.51. The summed E-state index contributed by atoms with van der Waals surface area (Å²) in [5.74, 6) is 0.850. The van der Waals surface area contributed by atoms with Gasteiger partial charge in [-0.3, -0.25) is 0 Å². The molecule has 2 nitrogen and oxygen atoms in total. The van der Waals surface area contributed by atoms with Crippen molar-refractivity contribution in [3.63, 3.8) is 0 Å². The predicted octanol–water partition coefficient (Wildman–Crippen LogP) is 4.88. The van der Waals surface area contributed by atoms with E-state index in [-0.39, 0.29) is 0 Å². The van der Waals surface area contributed by atoms with Crippen LogP contribution in [0.15, 0.2) is 24.4 Å². The summed E-state index contributed by atoms with van der Waals surface area (Å²) in [6, 6.07) is 6.67. The van der Waals surface area contributed by atoms with Crippen LogP contribution < -0.4 is 5.32 Å². The third kappa shape index (κ3) is 3.02. The van der Waals surface area contributed by atoms with Crippen molar-refractivity contribution >= 4 is 22.5 Å². The summed E-state index contributed by atoms with van der Waals surface area (Å²) >= 11 is 6.02. The minimum atomic E-state index is 0.604. The monoisotopic (exact) mass is 290 g/mol. The highest BCUT2D eigenvalue weighted by Gasteiger charge is 2.19. The van der Waals surface area contributed by atoms with Crippen molar-refractivity contribution in [3.05, 3.63) is 35.0 Å². The molecule has 0 amide bonds. The zero-order valence-electron chi connectivity index (χ0n) is 12.1. The molecule has 1 heterocycles. The number of aromatic nitrogens is 1. The van der Waals surface area contributed by atoms with Crippen LogP contribution in [0.5, 0.6) is 0 Å². The standard InChI is InChI=1S/C17H23ClN2/c1-12(13-5-3-2-4-6-13)19-10-14-11-20-17-9-15(18)7-8-16(14)17/h7-9,11-13,19-20H,2-6,10H2,1H3. The molecule has 0 spiro atoms. The highest BCUT2D eigenvalue weighted by Crippen LogP contribution is 2.27. The molecule has 1 unspecified atom stereocenters. The second kappa shape index (κ2) is 6.19. The molecule has 1 aliphatic rings. The Morgan fingerprint density at radius 3 is 2.90 bits per heavy atom. The van der Waals surface area contributed by atoms with Gasteiger partial charge in [0, 0.05) is 34.7 Å². The van der Waals surface area contributed by atoms with Gasteiger partial charge >= 0.3 is 0 Å². The molecule has 0 aliphatic heterocycles. The summed E-state index contributed by atoms with van der Waals surface area (Å²) in [4.78, 5) is 3.31. The lowest BCUT2D eigenvalue weighted by atomic mass is 9.84. The summed E-state index contributed by atoms with van der Waals surface area (Å²) in [6.07, 6.45) is 9.11. The van der Waals surface area contributed by atoms with E-state index < -0.39 is 0 Å². The van der Waals surface area contributed by atoms with Gasteiger partial charge in [0.15, 0.2) is 0 Å². The minimum Gasteiger partial charge on any atom is -0.361 e. The Morgan fingerprint density at radius 1 is 1.30 bits per heavy atom. The smallest absolute Gasteiger partial charge is 0.0472 e. The number of rotatable bonds is 4. The maximum atomic E-state index is 6.02. The van der Waals surface area contributed by atoms with E-state index in [1.165, 1.54) is 43.1 Å². The molecule has 3 heteroatoms. The predicted molar refractivity (Wildman–Crippen MR) is 86.2 cm³/mol. The topological polar surface area (TPSA) is 27.8 Å². The molecule has 20 heavy (non-hydrogen) atoms. The van der Waals surface area contributed by atoms with Crippen molar-refractivity contribution in [1.29, 1.82) is 0 Å². The van der Waals surface area contributed by atoms with Gasteiger partial charge in [0.2, 0.25) is 0 Å². The molecule has 2 aromatic rings. The molecule has 0 saturated heterocycles. The molecular weight excluding hydrogens is 268 g/mol. The van der Waals surface area contributed by atoms with Gasteiger partial charge in [-0.15, -0.1) is 0 Å². The Morgan fingerprint density at radius 2 is 2.10 bits per heavy atom. The largest absolute Gasteiger partial charge is 0.361 e. The Balaban J connectivity index is 1.64. The third-order valence-electron chi connectivity index (χ3n) is 4.70. The van der Waals surface area contributed by atoms with Crippen LogP contribution in [-0.2, 0) is 6.54 Å². The molecular formula is C17H23ClN2. The van der Waals surface area contributed by atoms with Crippen LogP contribution in [0.1, 0.15) is 44.6 Å². The first kappa shape index (κ1) is 14.0. The summed E-state index contributed by atoms with van der Waals surface area (Å²) in [6.45, 7) is 3.26. The first-order chi connectivity index (χ1) is 9.74. The molecule has 108 valence electrons.